The monoisotopic (exact) mass is 368 g/mol. The summed E-state index contributed by atoms with van der Waals surface area (Å²) in [4.78, 5) is 18.7. The van der Waals surface area contributed by atoms with Crippen LogP contribution in [0.5, 0.6) is 0 Å². The lowest BCUT2D eigenvalue weighted by Crippen LogP contribution is -2.27. The summed E-state index contributed by atoms with van der Waals surface area (Å²) >= 11 is 1.40. The van der Waals surface area contributed by atoms with E-state index in [4.69, 9.17) is 9.68 Å². The third-order valence-electron chi connectivity index (χ3n) is 4.01. The molecule has 1 aromatic carbocycles. The van der Waals surface area contributed by atoms with E-state index in [2.05, 4.69) is 11.1 Å². The molecule has 0 spiro atoms. The molecule has 0 aliphatic heterocycles. The molecule has 0 radical (unpaired) electrons. The first-order valence-electron chi connectivity index (χ1n) is 8.33. The van der Waals surface area contributed by atoms with E-state index < -0.39 is 0 Å². The van der Waals surface area contributed by atoms with Crippen LogP contribution < -0.4 is 0 Å². The molecule has 0 atom stereocenters. The Morgan fingerprint density at radius 1 is 1.35 bits per heavy atom. The number of benzene rings is 1. The Labute approximate surface area is 156 Å². The van der Waals surface area contributed by atoms with Crippen LogP contribution in [0, 0.1) is 18.3 Å². The fourth-order valence-electron chi connectivity index (χ4n) is 2.67. The van der Waals surface area contributed by atoms with Gasteiger partial charge in [0.2, 0.25) is 5.91 Å². The predicted octanol–water partition coefficient (Wildman–Crippen LogP) is 3.60. The quantitative estimate of drug-likeness (QED) is 0.596. The molecule has 0 bridgehead atoms. The van der Waals surface area contributed by atoms with E-state index in [1.54, 1.807) is 11.9 Å². The minimum atomic E-state index is 0.00272. The molecule has 0 aliphatic carbocycles. The lowest BCUT2D eigenvalue weighted by atomic mass is 10.3. The number of imidazole rings is 1. The smallest absolute Gasteiger partial charge is 0.233 e. The second-order valence-electron chi connectivity index (χ2n) is 5.99. The van der Waals surface area contributed by atoms with Crippen molar-refractivity contribution in [2.45, 2.75) is 31.6 Å². The van der Waals surface area contributed by atoms with Crippen LogP contribution in [0.2, 0.25) is 0 Å². The minimum absolute atomic E-state index is 0.00272. The van der Waals surface area contributed by atoms with Crippen LogP contribution in [-0.4, -0.2) is 33.2 Å². The molecule has 134 valence electrons. The zero-order chi connectivity index (χ0) is 18.5. The molecule has 0 aliphatic rings. The number of nitrogens with zero attached hydrogens (tertiary/aromatic N) is 4. The third-order valence-corrected chi connectivity index (χ3v) is 4.97. The van der Waals surface area contributed by atoms with E-state index in [0.29, 0.717) is 19.5 Å². The normalized spacial score (nSPS) is 10.8. The molecular weight excluding hydrogens is 348 g/mol. The Morgan fingerprint density at radius 3 is 2.88 bits per heavy atom. The van der Waals surface area contributed by atoms with Crippen molar-refractivity contribution in [1.29, 1.82) is 5.26 Å². The molecule has 0 saturated heterocycles. The first-order chi connectivity index (χ1) is 12.6. The van der Waals surface area contributed by atoms with Crippen molar-refractivity contribution in [3.8, 4) is 6.07 Å². The topological polar surface area (TPSA) is 75.1 Å². The van der Waals surface area contributed by atoms with Crippen LogP contribution in [-0.2, 0) is 17.9 Å². The molecule has 2 aromatic heterocycles. The lowest BCUT2D eigenvalue weighted by molar-refractivity contribution is -0.127. The van der Waals surface area contributed by atoms with Crippen LogP contribution in [0.1, 0.15) is 17.9 Å². The number of fused-ring (bicyclic) bond motifs is 1. The van der Waals surface area contributed by atoms with Gasteiger partial charge in [0.25, 0.3) is 0 Å². The summed E-state index contributed by atoms with van der Waals surface area (Å²) in [6, 6.07) is 13.7. The van der Waals surface area contributed by atoms with Crippen LogP contribution in [0.25, 0.3) is 11.0 Å². The molecule has 2 heterocycles. The van der Waals surface area contributed by atoms with Gasteiger partial charge in [-0.3, -0.25) is 4.79 Å². The number of amides is 1. The van der Waals surface area contributed by atoms with Crippen LogP contribution >= 0.6 is 11.8 Å². The standard InChI is InChI=1S/C19H20N4O2S/c1-14-8-9-15(25-14)12-22(2)18(24)13-26-19-21-16-6-3-4-7-17(16)23(19)11-5-10-20/h3-4,6-9H,5,11-13H2,1-2H3. The molecule has 6 nitrogen and oxygen atoms in total. The summed E-state index contributed by atoms with van der Waals surface area (Å²) in [6.45, 7) is 2.89. The van der Waals surface area contributed by atoms with Gasteiger partial charge in [0.05, 0.1) is 35.8 Å². The second-order valence-corrected chi connectivity index (χ2v) is 6.94. The summed E-state index contributed by atoms with van der Waals surface area (Å²) in [5.74, 6) is 1.89. The Balaban J connectivity index is 1.68. The first kappa shape index (κ1) is 18.1. The number of para-hydroxylation sites is 2. The fraction of sp³-hybridized carbons (Fsp3) is 0.316. The lowest BCUT2D eigenvalue weighted by Gasteiger charge is -2.15. The van der Waals surface area contributed by atoms with E-state index in [1.165, 1.54) is 11.8 Å². The number of nitriles is 1. The van der Waals surface area contributed by atoms with Crippen LogP contribution in [0.15, 0.2) is 46.0 Å². The summed E-state index contributed by atoms with van der Waals surface area (Å²) in [5.41, 5.74) is 1.86. The fourth-order valence-corrected chi connectivity index (χ4v) is 3.65. The van der Waals surface area contributed by atoms with Gasteiger partial charge in [-0.15, -0.1) is 0 Å². The molecule has 0 unspecified atom stereocenters. The van der Waals surface area contributed by atoms with Crippen molar-refractivity contribution in [2.75, 3.05) is 12.8 Å². The maximum absolute atomic E-state index is 12.4. The SMILES string of the molecule is Cc1ccc(CN(C)C(=O)CSc2nc3ccccc3n2CCC#N)o1. The van der Waals surface area contributed by atoms with Crippen molar-refractivity contribution >= 4 is 28.7 Å². The van der Waals surface area contributed by atoms with Crippen molar-refractivity contribution < 1.29 is 9.21 Å². The molecule has 0 fully saturated rings. The molecule has 0 saturated carbocycles. The van der Waals surface area contributed by atoms with Crippen LogP contribution in [0.3, 0.4) is 0 Å². The number of aromatic nitrogens is 2. The number of rotatable bonds is 7. The Morgan fingerprint density at radius 2 is 2.15 bits per heavy atom. The molecule has 3 aromatic rings. The Kier molecular flexibility index (Phi) is 5.64. The second kappa shape index (κ2) is 8.11. The number of carbonyl (C=O) groups excluding carboxylic acids is 1. The van der Waals surface area contributed by atoms with E-state index in [1.807, 2.05) is 47.9 Å². The number of carbonyl (C=O) groups is 1. The minimum Gasteiger partial charge on any atom is -0.464 e. The molecular formula is C19H20N4O2S. The van der Waals surface area contributed by atoms with Gasteiger partial charge in [0, 0.05) is 13.6 Å². The summed E-state index contributed by atoms with van der Waals surface area (Å²) in [5, 5.41) is 9.66. The zero-order valence-corrected chi connectivity index (χ0v) is 15.6. The Bertz CT molecular complexity index is 954. The van der Waals surface area contributed by atoms with Crippen LogP contribution in [0.4, 0.5) is 0 Å². The van der Waals surface area contributed by atoms with E-state index in [-0.39, 0.29) is 11.7 Å². The maximum Gasteiger partial charge on any atom is 0.233 e. The molecule has 1 amide bonds. The molecule has 3 rings (SSSR count). The van der Waals surface area contributed by atoms with E-state index >= 15 is 0 Å². The van der Waals surface area contributed by atoms with Crippen molar-refractivity contribution in [3.05, 3.63) is 47.9 Å². The van der Waals surface area contributed by atoms with Gasteiger partial charge in [-0.2, -0.15) is 5.26 Å². The number of aryl methyl sites for hydroxylation is 2. The van der Waals surface area contributed by atoms with Crippen molar-refractivity contribution in [2.24, 2.45) is 0 Å². The first-order valence-corrected chi connectivity index (χ1v) is 9.31. The van der Waals surface area contributed by atoms with E-state index in [9.17, 15) is 4.79 Å². The highest BCUT2D eigenvalue weighted by molar-refractivity contribution is 7.99. The molecule has 0 N–H and O–H groups in total. The van der Waals surface area contributed by atoms with E-state index in [0.717, 1.165) is 27.7 Å². The predicted molar refractivity (Wildman–Crippen MR) is 101 cm³/mol. The summed E-state index contributed by atoms with van der Waals surface area (Å²) < 4.78 is 7.53. The summed E-state index contributed by atoms with van der Waals surface area (Å²) in [6.07, 6.45) is 0.402. The highest BCUT2D eigenvalue weighted by Gasteiger charge is 2.15. The van der Waals surface area contributed by atoms with Gasteiger partial charge < -0.3 is 13.9 Å². The van der Waals surface area contributed by atoms with Gasteiger partial charge in [-0.25, -0.2) is 4.98 Å². The van der Waals surface area contributed by atoms with Gasteiger partial charge in [0.15, 0.2) is 5.16 Å². The number of furan rings is 1. The highest BCUT2D eigenvalue weighted by atomic mass is 32.2. The highest BCUT2D eigenvalue weighted by Crippen LogP contribution is 2.24. The molecule has 26 heavy (non-hydrogen) atoms. The summed E-state index contributed by atoms with van der Waals surface area (Å²) in [7, 11) is 1.76. The number of thioether (sulfide) groups is 1. The largest absolute Gasteiger partial charge is 0.464 e. The average molecular weight is 368 g/mol. The van der Waals surface area contributed by atoms with Gasteiger partial charge in [-0.05, 0) is 31.2 Å². The Hall–Kier alpha value is -2.72. The number of hydrogen-bond donors (Lipinski definition) is 0. The average Bonchev–Trinajstić information content (AvgIpc) is 3.20. The van der Waals surface area contributed by atoms with Gasteiger partial charge in [0.1, 0.15) is 11.5 Å². The van der Waals surface area contributed by atoms with Gasteiger partial charge >= 0.3 is 0 Å². The third kappa shape index (κ3) is 4.09. The maximum atomic E-state index is 12.4. The molecule has 7 heteroatoms. The van der Waals surface area contributed by atoms with Crippen molar-refractivity contribution in [3.63, 3.8) is 0 Å². The van der Waals surface area contributed by atoms with Crippen molar-refractivity contribution in [1.82, 2.24) is 14.5 Å². The zero-order valence-electron chi connectivity index (χ0n) is 14.8. The van der Waals surface area contributed by atoms with Gasteiger partial charge in [-0.1, -0.05) is 23.9 Å². The number of hydrogen-bond acceptors (Lipinski definition) is 5.